The van der Waals surface area contributed by atoms with Crippen molar-refractivity contribution in [2.45, 2.75) is 65.5 Å². The molecule has 0 amide bonds. The highest BCUT2D eigenvalue weighted by molar-refractivity contribution is 9.10. The number of allylic oxidation sites excluding steroid dienone is 3. The standard InChI is InChI=1S/C26H30BrN5O3/c1-5-8-16-10-20-25(21(33)11-16)24(18(14-28)15(4)30-20)17-12-19(27)26(22(13-17)34-7-3)35-23(9-6-2)31-32-29/h6,9,12-13,16,18,23-24H,5,7-8,10-11H2,1-4H3. The number of hydrogen-bond acceptors (Lipinski definition) is 6. The molecule has 0 saturated heterocycles. The van der Waals surface area contributed by atoms with E-state index in [1.807, 2.05) is 26.0 Å². The van der Waals surface area contributed by atoms with Gasteiger partial charge in [0.25, 0.3) is 0 Å². The van der Waals surface area contributed by atoms with E-state index in [0.29, 0.717) is 40.3 Å². The molecule has 9 heteroatoms. The first-order chi connectivity index (χ1) is 16.9. The van der Waals surface area contributed by atoms with Gasteiger partial charge in [-0.15, -0.1) is 0 Å². The van der Waals surface area contributed by atoms with E-state index >= 15 is 0 Å². The van der Waals surface area contributed by atoms with E-state index in [1.165, 1.54) is 0 Å². The lowest BCUT2D eigenvalue weighted by atomic mass is 9.70. The summed E-state index contributed by atoms with van der Waals surface area (Å²) in [6.07, 6.45) is 5.74. The smallest absolute Gasteiger partial charge is 0.196 e. The number of azide groups is 1. The van der Waals surface area contributed by atoms with Crippen LogP contribution in [0.15, 0.2) is 50.1 Å². The van der Waals surface area contributed by atoms with Gasteiger partial charge in [-0.2, -0.15) is 5.26 Å². The average molecular weight is 540 g/mol. The minimum absolute atomic E-state index is 0.0668. The van der Waals surface area contributed by atoms with Crippen LogP contribution < -0.4 is 9.47 Å². The third-order valence-corrected chi connectivity index (χ3v) is 6.85. The zero-order valence-corrected chi connectivity index (χ0v) is 22.1. The van der Waals surface area contributed by atoms with Crippen molar-refractivity contribution in [3.05, 3.63) is 56.0 Å². The number of hydrogen-bond donors (Lipinski definition) is 0. The number of carbonyl (C=O) groups is 1. The van der Waals surface area contributed by atoms with Crippen molar-refractivity contribution in [3.63, 3.8) is 0 Å². The summed E-state index contributed by atoms with van der Waals surface area (Å²) in [7, 11) is 0. The Labute approximate surface area is 214 Å². The fourth-order valence-corrected chi connectivity index (χ4v) is 5.41. The van der Waals surface area contributed by atoms with Crippen LogP contribution in [0, 0.1) is 23.2 Å². The second kappa shape index (κ2) is 12.1. The Morgan fingerprint density at radius 3 is 2.80 bits per heavy atom. The van der Waals surface area contributed by atoms with Crippen LogP contribution in [0.2, 0.25) is 0 Å². The number of aliphatic imine (C=N–C) groups is 1. The summed E-state index contributed by atoms with van der Waals surface area (Å²) >= 11 is 3.58. The minimum Gasteiger partial charge on any atom is -0.490 e. The van der Waals surface area contributed by atoms with E-state index in [2.05, 4.69) is 38.9 Å². The quantitative estimate of drug-likeness (QED) is 0.143. The monoisotopic (exact) mass is 539 g/mol. The SMILES string of the molecule is CC=CC(N=[N+]=[N-])Oc1c(Br)cc(C2C3=C(CC(CCC)CC3=O)N=C(C)C2C#N)cc1OCC. The fraction of sp³-hybridized carbons (Fsp3) is 0.500. The molecule has 0 saturated carbocycles. The molecule has 1 heterocycles. The summed E-state index contributed by atoms with van der Waals surface area (Å²) in [5.41, 5.74) is 11.8. The highest BCUT2D eigenvalue weighted by atomic mass is 79.9. The van der Waals surface area contributed by atoms with Crippen molar-refractivity contribution in [1.82, 2.24) is 0 Å². The third kappa shape index (κ3) is 5.77. The summed E-state index contributed by atoms with van der Waals surface area (Å²) < 4.78 is 12.4. The van der Waals surface area contributed by atoms with Gasteiger partial charge >= 0.3 is 0 Å². The molecule has 1 aliphatic heterocycles. The Morgan fingerprint density at radius 2 is 2.17 bits per heavy atom. The van der Waals surface area contributed by atoms with Crippen LogP contribution in [0.4, 0.5) is 0 Å². The molecule has 0 fully saturated rings. The number of ether oxygens (including phenoxy) is 2. The summed E-state index contributed by atoms with van der Waals surface area (Å²) in [6, 6.07) is 6.04. The van der Waals surface area contributed by atoms with Crippen LogP contribution >= 0.6 is 15.9 Å². The van der Waals surface area contributed by atoms with Gasteiger partial charge in [0.2, 0.25) is 0 Å². The van der Waals surface area contributed by atoms with Crippen molar-refractivity contribution < 1.29 is 14.3 Å². The molecule has 4 atom stereocenters. The van der Waals surface area contributed by atoms with Crippen molar-refractivity contribution in [3.8, 4) is 17.6 Å². The number of ketones is 1. The van der Waals surface area contributed by atoms with E-state index in [0.717, 1.165) is 30.5 Å². The van der Waals surface area contributed by atoms with Crippen LogP contribution in [-0.4, -0.2) is 24.3 Å². The van der Waals surface area contributed by atoms with Crippen molar-refractivity contribution in [1.29, 1.82) is 5.26 Å². The Kier molecular flexibility index (Phi) is 9.13. The number of rotatable bonds is 9. The first-order valence-corrected chi connectivity index (χ1v) is 12.7. The zero-order chi connectivity index (χ0) is 25.5. The highest BCUT2D eigenvalue weighted by Crippen LogP contribution is 2.48. The van der Waals surface area contributed by atoms with E-state index < -0.39 is 18.1 Å². The summed E-state index contributed by atoms with van der Waals surface area (Å²) in [6.45, 7) is 8.02. The maximum absolute atomic E-state index is 13.4. The van der Waals surface area contributed by atoms with Gasteiger partial charge in [-0.3, -0.25) is 9.79 Å². The minimum atomic E-state index is -0.855. The van der Waals surface area contributed by atoms with Crippen LogP contribution in [0.5, 0.6) is 11.5 Å². The molecule has 0 N–H and O–H groups in total. The molecule has 0 bridgehead atoms. The second-order valence-electron chi connectivity index (χ2n) is 8.69. The fourth-order valence-electron chi connectivity index (χ4n) is 4.86. The number of halogens is 1. The first-order valence-electron chi connectivity index (χ1n) is 11.9. The molecule has 0 spiro atoms. The van der Waals surface area contributed by atoms with E-state index in [4.69, 9.17) is 20.0 Å². The molecule has 1 aromatic carbocycles. The average Bonchev–Trinajstić information content (AvgIpc) is 2.80. The topological polar surface area (TPSA) is 120 Å². The number of nitriles is 1. The summed E-state index contributed by atoms with van der Waals surface area (Å²) in [5, 5.41) is 13.7. The van der Waals surface area contributed by atoms with Gasteiger partial charge in [0.1, 0.15) is 0 Å². The number of Topliss-reactive ketones (excluding diaryl/α,β-unsaturated/α-hetero) is 1. The predicted molar refractivity (Wildman–Crippen MR) is 138 cm³/mol. The van der Waals surface area contributed by atoms with Gasteiger partial charge in [-0.1, -0.05) is 19.4 Å². The number of benzene rings is 1. The lowest BCUT2D eigenvalue weighted by molar-refractivity contribution is -0.117. The van der Waals surface area contributed by atoms with Crippen molar-refractivity contribution in [2.24, 2.45) is 21.9 Å². The summed E-state index contributed by atoms with van der Waals surface area (Å²) in [5.74, 6) is 0.159. The predicted octanol–water partition coefficient (Wildman–Crippen LogP) is 7.17. The molecule has 0 aromatic heterocycles. The Bertz CT molecular complexity index is 1160. The molecule has 4 unspecified atom stereocenters. The van der Waals surface area contributed by atoms with E-state index in [-0.39, 0.29) is 11.7 Å². The molecule has 184 valence electrons. The maximum atomic E-state index is 13.4. The van der Waals surface area contributed by atoms with Crippen molar-refractivity contribution >= 4 is 27.4 Å². The lowest BCUT2D eigenvalue weighted by Crippen LogP contribution is -2.32. The van der Waals surface area contributed by atoms with Crippen molar-refractivity contribution in [2.75, 3.05) is 6.61 Å². The van der Waals surface area contributed by atoms with Gasteiger partial charge < -0.3 is 9.47 Å². The normalized spacial score (nSPS) is 22.7. The van der Waals surface area contributed by atoms with Gasteiger partial charge in [0, 0.05) is 34.2 Å². The molecular formula is C26H30BrN5O3. The van der Waals surface area contributed by atoms with E-state index in [1.54, 1.807) is 19.1 Å². The lowest BCUT2D eigenvalue weighted by Gasteiger charge is -2.35. The Balaban J connectivity index is 2.13. The molecule has 1 aliphatic carbocycles. The largest absolute Gasteiger partial charge is 0.490 e. The van der Waals surface area contributed by atoms with Crippen LogP contribution in [0.1, 0.15) is 64.9 Å². The van der Waals surface area contributed by atoms with Crippen LogP contribution in [-0.2, 0) is 4.79 Å². The molecule has 2 aliphatic rings. The van der Waals surface area contributed by atoms with Crippen LogP contribution in [0.25, 0.3) is 10.4 Å². The molecular weight excluding hydrogens is 510 g/mol. The van der Waals surface area contributed by atoms with Gasteiger partial charge in [-0.05, 0) is 89.9 Å². The Morgan fingerprint density at radius 1 is 1.40 bits per heavy atom. The maximum Gasteiger partial charge on any atom is 0.196 e. The van der Waals surface area contributed by atoms with Gasteiger partial charge in [-0.25, -0.2) is 0 Å². The molecule has 0 radical (unpaired) electrons. The molecule has 1 aromatic rings. The number of carbonyl (C=O) groups excluding carboxylic acids is 1. The van der Waals surface area contributed by atoms with Gasteiger partial charge in [0.05, 0.1) is 23.1 Å². The molecule has 3 rings (SSSR count). The van der Waals surface area contributed by atoms with Crippen LogP contribution in [0.3, 0.4) is 0 Å². The number of nitrogens with zero attached hydrogens (tertiary/aromatic N) is 5. The molecule has 8 nitrogen and oxygen atoms in total. The zero-order valence-electron chi connectivity index (χ0n) is 20.5. The first kappa shape index (κ1) is 26.5. The highest BCUT2D eigenvalue weighted by Gasteiger charge is 2.41. The second-order valence-corrected chi connectivity index (χ2v) is 9.54. The molecule has 35 heavy (non-hydrogen) atoms. The van der Waals surface area contributed by atoms with E-state index in [9.17, 15) is 10.1 Å². The Hall–Kier alpha value is -3.08. The van der Waals surface area contributed by atoms with Gasteiger partial charge in [0.15, 0.2) is 23.5 Å². The third-order valence-electron chi connectivity index (χ3n) is 6.26. The summed E-state index contributed by atoms with van der Waals surface area (Å²) in [4.78, 5) is 20.9.